The van der Waals surface area contributed by atoms with Gasteiger partial charge in [-0.3, -0.25) is 0 Å². The second-order valence-electron chi connectivity index (χ2n) is 7.34. The van der Waals surface area contributed by atoms with Crippen LogP contribution in [0.15, 0.2) is 28.7 Å². The van der Waals surface area contributed by atoms with E-state index < -0.39 is 11.7 Å². The first-order chi connectivity index (χ1) is 11.2. The Morgan fingerprint density at radius 1 is 1.42 bits per heavy atom. The third-order valence-corrected chi connectivity index (χ3v) is 4.69. The SMILES string of the molecule is CC(C)(C)OC(=O)N1CCC[C@H]1C(O)CC(N)c1ccc(Br)cc1. The Bertz CT molecular complexity index is 556. The summed E-state index contributed by atoms with van der Waals surface area (Å²) in [6.45, 7) is 6.14. The maximum absolute atomic E-state index is 12.3. The van der Waals surface area contributed by atoms with E-state index in [2.05, 4.69) is 15.9 Å². The van der Waals surface area contributed by atoms with Crippen molar-refractivity contribution >= 4 is 22.0 Å². The number of hydrogen-bond acceptors (Lipinski definition) is 4. The first kappa shape index (κ1) is 19.2. The van der Waals surface area contributed by atoms with Crippen LogP contribution >= 0.6 is 15.9 Å². The van der Waals surface area contributed by atoms with Crippen LogP contribution in [0.2, 0.25) is 0 Å². The minimum absolute atomic E-state index is 0.235. The summed E-state index contributed by atoms with van der Waals surface area (Å²) < 4.78 is 6.44. The van der Waals surface area contributed by atoms with E-state index in [4.69, 9.17) is 10.5 Å². The fraction of sp³-hybridized carbons (Fsp3) is 0.611. The van der Waals surface area contributed by atoms with E-state index in [9.17, 15) is 9.90 Å². The van der Waals surface area contributed by atoms with Gasteiger partial charge in [0, 0.05) is 17.1 Å². The number of nitrogens with zero attached hydrogens (tertiary/aromatic N) is 1. The van der Waals surface area contributed by atoms with Crippen LogP contribution in [0.4, 0.5) is 4.79 Å². The van der Waals surface area contributed by atoms with Gasteiger partial charge in [0.2, 0.25) is 0 Å². The van der Waals surface area contributed by atoms with E-state index in [1.807, 2.05) is 45.0 Å². The lowest BCUT2D eigenvalue weighted by atomic mass is 9.96. The van der Waals surface area contributed by atoms with Crippen molar-refractivity contribution in [2.45, 2.75) is 63.8 Å². The molecule has 1 fully saturated rings. The number of likely N-dealkylation sites (tertiary alicyclic amines) is 1. The second-order valence-corrected chi connectivity index (χ2v) is 8.26. The van der Waals surface area contributed by atoms with Gasteiger partial charge in [-0.15, -0.1) is 0 Å². The van der Waals surface area contributed by atoms with Crippen LogP contribution in [-0.2, 0) is 4.74 Å². The zero-order valence-corrected chi connectivity index (χ0v) is 16.1. The largest absolute Gasteiger partial charge is 0.444 e. The monoisotopic (exact) mass is 398 g/mol. The molecule has 1 aromatic carbocycles. The molecule has 134 valence electrons. The molecule has 2 unspecified atom stereocenters. The summed E-state index contributed by atoms with van der Waals surface area (Å²) in [5, 5.41) is 10.6. The fourth-order valence-corrected chi connectivity index (χ4v) is 3.27. The predicted molar refractivity (Wildman–Crippen MR) is 97.7 cm³/mol. The van der Waals surface area contributed by atoms with Gasteiger partial charge in [-0.1, -0.05) is 28.1 Å². The summed E-state index contributed by atoms with van der Waals surface area (Å²) in [4.78, 5) is 14.0. The summed E-state index contributed by atoms with van der Waals surface area (Å²) in [5.41, 5.74) is 6.66. The van der Waals surface area contributed by atoms with Crippen molar-refractivity contribution in [3.05, 3.63) is 34.3 Å². The van der Waals surface area contributed by atoms with Crippen molar-refractivity contribution in [3.63, 3.8) is 0 Å². The first-order valence-electron chi connectivity index (χ1n) is 8.36. The number of ether oxygens (including phenoxy) is 1. The normalized spacial score (nSPS) is 20.8. The van der Waals surface area contributed by atoms with E-state index in [1.165, 1.54) is 0 Å². The van der Waals surface area contributed by atoms with Gasteiger partial charge in [-0.05, 0) is 57.7 Å². The van der Waals surface area contributed by atoms with Crippen molar-refractivity contribution in [1.82, 2.24) is 4.90 Å². The molecule has 1 aliphatic heterocycles. The molecule has 1 aliphatic rings. The molecule has 1 amide bonds. The van der Waals surface area contributed by atoms with Crippen molar-refractivity contribution < 1.29 is 14.6 Å². The van der Waals surface area contributed by atoms with Crippen LogP contribution in [0.3, 0.4) is 0 Å². The van der Waals surface area contributed by atoms with Crippen molar-refractivity contribution in [2.75, 3.05) is 6.54 Å². The summed E-state index contributed by atoms with van der Waals surface area (Å²) in [6, 6.07) is 7.26. The van der Waals surface area contributed by atoms with E-state index in [1.54, 1.807) is 4.90 Å². The smallest absolute Gasteiger partial charge is 0.410 e. The van der Waals surface area contributed by atoms with Gasteiger partial charge >= 0.3 is 6.09 Å². The van der Waals surface area contributed by atoms with Gasteiger partial charge < -0.3 is 20.5 Å². The summed E-state index contributed by atoms with van der Waals surface area (Å²) in [7, 11) is 0. The number of aliphatic hydroxyl groups excluding tert-OH is 1. The van der Waals surface area contributed by atoms with E-state index in [0.29, 0.717) is 13.0 Å². The molecule has 3 N–H and O–H groups in total. The highest BCUT2D eigenvalue weighted by molar-refractivity contribution is 9.10. The molecular formula is C18H27BrN2O3. The molecule has 6 heteroatoms. The molecule has 0 bridgehead atoms. The summed E-state index contributed by atoms with van der Waals surface area (Å²) in [6.07, 6.45) is 1.02. The fourth-order valence-electron chi connectivity index (χ4n) is 3.00. The third-order valence-electron chi connectivity index (χ3n) is 4.16. The van der Waals surface area contributed by atoms with Gasteiger partial charge in [-0.2, -0.15) is 0 Å². The highest BCUT2D eigenvalue weighted by atomic mass is 79.9. The van der Waals surface area contributed by atoms with Gasteiger partial charge in [0.15, 0.2) is 0 Å². The molecule has 0 saturated carbocycles. The summed E-state index contributed by atoms with van der Waals surface area (Å²) in [5.74, 6) is 0. The van der Waals surface area contributed by atoms with E-state index >= 15 is 0 Å². The zero-order valence-electron chi connectivity index (χ0n) is 14.5. The van der Waals surface area contributed by atoms with Gasteiger partial charge in [0.1, 0.15) is 5.60 Å². The first-order valence-corrected chi connectivity index (χ1v) is 9.15. The Hall–Kier alpha value is -1.11. The number of halogens is 1. The molecule has 3 atom stereocenters. The predicted octanol–water partition coefficient (Wildman–Crippen LogP) is 3.60. The lowest BCUT2D eigenvalue weighted by molar-refractivity contribution is 0.00280. The molecule has 0 aromatic heterocycles. The Labute approximate surface area is 152 Å². The lowest BCUT2D eigenvalue weighted by Crippen LogP contribution is -2.45. The molecule has 1 aromatic rings. The molecule has 1 saturated heterocycles. The molecule has 1 heterocycles. The highest BCUT2D eigenvalue weighted by Crippen LogP contribution is 2.27. The van der Waals surface area contributed by atoms with E-state index in [-0.39, 0.29) is 18.2 Å². The van der Waals surface area contributed by atoms with Crippen molar-refractivity contribution in [1.29, 1.82) is 0 Å². The summed E-state index contributed by atoms with van der Waals surface area (Å²) >= 11 is 3.40. The number of amides is 1. The van der Waals surface area contributed by atoms with Gasteiger partial charge in [-0.25, -0.2) is 4.79 Å². The quantitative estimate of drug-likeness (QED) is 0.811. The van der Waals surface area contributed by atoms with Gasteiger partial charge in [0.05, 0.1) is 12.1 Å². The van der Waals surface area contributed by atoms with Crippen LogP contribution in [0.5, 0.6) is 0 Å². The average Bonchev–Trinajstić information content (AvgIpc) is 2.95. The molecule has 2 rings (SSSR count). The molecule has 24 heavy (non-hydrogen) atoms. The Kier molecular flexibility index (Phi) is 6.28. The second kappa shape index (κ2) is 7.85. The third kappa shape index (κ3) is 5.19. The maximum atomic E-state index is 12.3. The topological polar surface area (TPSA) is 75.8 Å². The van der Waals surface area contributed by atoms with Crippen LogP contribution in [-0.4, -0.2) is 40.4 Å². The van der Waals surface area contributed by atoms with Crippen LogP contribution in [0.25, 0.3) is 0 Å². The van der Waals surface area contributed by atoms with Crippen LogP contribution in [0.1, 0.15) is 51.6 Å². The Morgan fingerprint density at radius 3 is 2.62 bits per heavy atom. The lowest BCUT2D eigenvalue weighted by Gasteiger charge is -2.32. The minimum atomic E-state index is -0.668. The Balaban J connectivity index is 1.98. The van der Waals surface area contributed by atoms with Crippen LogP contribution in [0, 0.1) is 0 Å². The zero-order chi connectivity index (χ0) is 17.9. The average molecular weight is 399 g/mol. The Morgan fingerprint density at radius 2 is 2.04 bits per heavy atom. The van der Waals surface area contributed by atoms with Gasteiger partial charge in [0.25, 0.3) is 0 Å². The number of rotatable bonds is 4. The number of benzene rings is 1. The molecule has 5 nitrogen and oxygen atoms in total. The highest BCUT2D eigenvalue weighted by Gasteiger charge is 2.36. The standard InChI is InChI=1S/C18H27BrN2O3/c1-18(2,3)24-17(23)21-10-4-5-15(21)16(22)11-14(20)12-6-8-13(19)9-7-12/h6-9,14-16,22H,4-5,10-11,20H2,1-3H3/t14?,15-,16?/m0/s1. The number of nitrogens with two attached hydrogens (primary N) is 1. The van der Waals surface area contributed by atoms with Crippen molar-refractivity contribution in [2.24, 2.45) is 5.73 Å². The number of carbonyl (C=O) groups excluding carboxylic acids is 1. The van der Waals surface area contributed by atoms with Crippen molar-refractivity contribution in [3.8, 4) is 0 Å². The molecule has 0 spiro atoms. The van der Waals surface area contributed by atoms with Crippen LogP contribution < -0.4 is 5.73 Å². The molecular weight excluding hydrogens is 372 g/mol. The minimum Gasteiger partial charge on any atom is -0.444 e. The number of carbonyl (C=O) groups is 1. The van der Waals surface area contributed by atoms with E-state index in [0.717, 1.165) is 22.9 Å². The number of hydrogen-bond donors (Lipinski definition) is 2. The molecule has 0 radical (unpaired) electrons. The maximum Gasteiger partial charge on any atom is 0.410 e. The number of aliphatic hydroxyl groups is 1. The molecule has 0 aliphatic carbocycles.